The van der Waals surface area contributed by atoms with Crippen LogP contribution >= 0.6 is 0 Å². The number of anilines is 1. The number of ether oxygens (including phenoxy) is 1. The molecule has 0 unspecified atom stereocenters. The fourth-order valence-corrected chi connectivity index (χ4v) is 3.12. The van der Waals surface area contributed by atoms with E-state index < -0.39 is 12.0 Å². The number of benzene rings is 1. The van der Waals surface area contributed by atoms with Crippen LogP contribution in [0.15, 0.2) is 18.2 Å². The molecule has 0 radical (unpaired) electrons. The Labute approximate surface area is 142 Å². The molecule has 2 rings (SSSR count). The lowest BCUT2D eigenvalue weighted by atomic mass is 9.97. The molecular formula is C18H24N2O4. The van der Waals surface area contributed by atoms with Gasteiger partial charge in [-0.25, -0.2) is 4.79 Å². The van der Waals surface area contributed by atoms with Crippen LogP contribution in [-0.4, -0.2) is 30.9 Å². The molecule has 1 aromatic carbocycles. The monoisotopic (exact) mass is 332 g/mol. The second kappa shape index (κ2) is 7.95. The van der Waals surface area contributed by atoms with Crippen molar-refractivity contribution in [2.75, 3.05) is 12.4 Å². The van der Waals surface area contributed by atoms with Gasteiger partial charge in [0.15, 0.2) is 0 Å². The van der Waals surface area contributed by atoms with Crippen molar-refractivity contribution in [2.45, 2.75) is 45.6 Å². The lowest BCUT2D eigenvalue weighted by Crippen LogP contribution is -2.47. The highest BCUT2D eigenvalue weighted by atomic mass is 16.5. The maximum atomic E-state index is 12.7. The van der Waals surface area contributed by atoms with Crippen molar-refractivity contribution in [3.63, 3.8) is 0 Å². The Balaban J connectivity index is 2.19. The Kier molecular flexibility index (Phi) is 5.95. The zero-order valence-electron chi connectivity index (χ0n) is 14.3. The van der Waals surface area contributed by atoms with E-state index >= 15 is 0 Å². The summed E-state index contributed by atoms with van der Waals surface area (Å²) in [7, 11) is 1.31. The molecule has 0 bridgehead atoms. The van der Waals surface area contributed by atoms with E-state index in [1.165, 1.54) is 14.0 Å². The van der Waals surface area contributed by atoms with Gasteiger partial charge in [-0.1, -0.05) is 18.9 Å². The number of rotatable bonds is 5. The SMILES string of the molecule is COC(=O)c1ccc(C)c(NC(=O)[C@H](NC(C)=O)C2CCCC2)c1. The highest BCUT2D eigenvalue weighted by molar-refractivity contribution is 5.99. The van der Waals surface area contributed by atoms with Gasteiger partial charge in [0, 0.05) is 12.6 Å². The molecule has 1 aromatic rings. The van der Waals surface area contributed by atoms with Crippen LogP contribution in [0.5, 0.6) is 0 Å². The van der Waals surface area contributed by atoms with Crippen molar-refractivity contribution < 1.29 is 19.1 Å². The predicted molar refractivity (Wildman–Crippen MR) is 90.7 cm³/mol. The Morgan fingerprint density at radius 2 is 1.88 bits per heavy atom. The molecule has 1 aliphatic rings. The van der Waals surface area contributed by atoms with Gasteiger partial charge in [-0.2, -0.15) is 0 Å². The summed E-state index contributed by atoms with van der Waals surface area (Å²) in [4.78, 5) is 35.8. The van der Waals surface area contributed by atoms with Gasteiger partial charge in [0.2, 0.25) is 11.8 Å². The van der Waals surface area contributed by atoms with E-state index in [0.29, 0.717) is 11.3 Å². The van der Waals surface area contributed by atoms with Gasteiger partial charge in [0.25, 0.3) is 0 Å². The van der Waals surface area contributed by atoms with E-state index in [9.17, 15) is 14.4 Å². The summed E-state index contributed by atoms with van der Waals surface area (Å²) in [5.74, 6) is -0.776. The third-order valence-electron chi connectivity index (χ3n) is 4.43. The van der Waals surface area contributed by atoms with Gasteiger partial charge >= 0.3 is 5.97 Å². The van der Waals surface area contributed by atoms with Crippen molar-refractivity contribution in [2.24, 2.45) is 5.92 Å². The largest absolute Gasteiger partial charge is 0.465 e. The fourth-order valence-electron chi connectivity index (χ4n) is 3.12. The number of carbonyl (C=O) groups excluding carboxylic acids is 3. The Bertz CT molecular complexity index is 636. The molecule has 6 nitrogen and oxygen atoms in total. The van der Waals surface area contributed by atoms with Crippen LogP contribution in [0.4, 0.5) is 5.69 Å². The number of amides is 2. The Morgan fingerprint density at radius 1 is 1.21 bits per heavy atom. The normalized spacial score (nSPS) is 15.6. The lowest BCUT2D eigenvalue weighted by Gasteiger charge is -2.23. The van der Waals surface area contributed by atoms with Crippen molar-refractivity contribution in [1.29, 1.82) is 0 Å². The van der Waals surface area contributed by atoms with E-state index in [2.05, 4.69) is 10.6 Å². The second-order valence-corrected chi connectivity index (χ2v) is 6.23. The summed E-state index contributed by atoms with van der Waals surface area (Å²) in [6, 6.07) is 4.45. The molecule has 1 saturated carbocycles. The highest BCUT2D eigenvalue weighted by Gasteiger charge is 2.31. The van der Waals surface area contributed by atoms with E-state index in [4.69, 9.17) is 4.74 Å². The lowest BCUT2D eigenvalue weighted by molar-refractivity contribution is -0.126. The Hall–Kier alpha value is -2.37. The number of methoxy groups -OCH3 is 1. The van der Waals surface area contributed by atoms with Crippen molar-refractivity contribution in [3.05, 3.63) is 29.3 Å². The zero-order chi connectivity index (χ0) is 17.7. The first-order valence-corrected chi connectivity index (χ1v) is 8.19. The van der Waals surface area contributed by atoms with E-state index in [-0.39, 0.29) is 17.7 Å². The Morgan fingerprint density at radius 3 is 2.46 bits per heavy atom. The van der Waals surface area contributed by atoms with Gasteiger partial charge < -0.3 is 15.4 Å². The third kappa shape index (κ3) is 4.34. The quantitative estimate of drug-likeness (QED) is 0.811. The highest BCUT2D eigenvalue weighted by Crippen LogP contribution is 2.29. The first-order valence-electron chi connectivity index (χ1n) is 8.19. The van der Waals surface area contributed by atoms with Crippen LogP contribution in [0.1, 0.15) is 48.5 Å². The fraction of sp³-hybridized carbons (Fsp3) is 0.500. The maximum absolute atomic E-state index is 12.7. The number of nitrogens with one attached hydrogen (secondary N) is 2. The van der Waals surface area contributed by atoms with Crippen molar-refractivity contribution >= 4 is 23.5 Å². The summed E-state index contributed by atoms with van der Waals surface area (Å²) in [5.41, 5.74) is 1.76. The predicted octanol–water partition coefficient (Wildman–Crippen LogP) is 2.42. The average Bonchev–Trinajstić information content (AvgIpc) is 3.07. The van der Waals surface area contributed by atoms with Crippen LogP contribution in [0.2, 0.25) is 0 Å². The summed E-state index contributed by atoms with van der Waals surface area (Å²) in [6.07, 6.45) is 4.01. The molecule has 1 atom stereocenters. The molecule has 1 fully saturated rings. The van der Waals surface area contributed by atoms with Gasteiger partial charge in [-0.15, -0.1) is 0 Å². The molecule has 0 spiro atoms. The first kappa shape index (κ1) is 18.0. The molecule has 1 aliphatic carbocycles. The van der Waals surface area contributed by atoms with Gasteiger partial charge in [0.1, 0.15) is 6.04 Å². The molecule has 0 aromatic heterocycles. The first-order chi connectivity index (χ1) is 11.4. The zero-order valence-corrected chi connectivity index (χ0v) is 14.3. The number of aryl methyl sites for hydroxylation is 1. The summed E-state index contributed by atoms with van der Waals surface area (Å²) >= 11 is 0. The standard InChI is InChI=1S/C18H24N2O4/c1-11-8-9-14(18(23)24-3)10-15(11)20-17(22)16(19-12(2)21)13-6-4-5-7-13/h8-10,13,16H,4-7H2,1-3H3,(H,19,21)(H,20,22)/t16-/m1/s1. The average molecular weight is 332 g/mol. The van der Waals surface area contributed by atoms with Crippen molar-refractivity contribution in [1.82, 2.24) is 5.32 Å². The second-order valence-electron chi connectivity index (χ2n) is 6.23. The molecular weight excluding hydrogens is 308 g/mol. The summed E-state index contributed by atoms with van der Waals surface area (Å²) in [5, 5.41) is 5.62. The van der Waals surface area contributed by atoms with Crippen LogP contribution in [-0.2, 0) is 14.3 Å². The minimum Gasteiger partial charge on any atom is -0.465 e. The molecule has 0 heterocycles. The van der Waals surface area contributed by atoms with E-state index in [1.807, 2.05) is 6.92 Å². The number of esters is 1. The molecule has 0 saturated heterocycles. The molecule has 2 N–H and O–H groups in total. The number of carbonyl (C=O) groups is 3. The topological polar surface area (TPSA) is 84.5 Å². The van der Waals surface area contributed by atoms with E-state index in [1.54, 1.807) is 18.2 Å². The van der Waals surface area contributed by atoms with Gasteiger partial charge in [-0.3, -0.25) is 9.59 Å². The van der Waals surface area contributed by atoms with E-state index in [0.717, 1.165) is 31.2 Å². The molecule has 0 aliphatic heterocycles. The molecule has 130 valence electrons. The molecule has 2 amide bonds. The summed E-state index contributed by atoms with van der Waals surface area (Å²) < 4.78 is 4.71. The van der Waals surface area contributed by atoms with Crippen LogP contribution in [0, 0.1) is 12.8 Å². The van der Waals surface area contributed by atoms with Crippen LogP contribution < -0.4 is 10.6 Å². The third-order valence-corrected chi connectivity index (χ3v) is 4.43. The van der Waals surface area contributed by atoms with Crippen molar-refractivity contribution in [3.8, 4) is 0 Å². The van der Waals surface area contributed by atoms with Crippen LogP contribution in [0.3, 0.4) is 0 Å². The number of hydrogen-bond donors (Lipinski definition) is 2. The minimum absolute atomic E-state index is 0.151. The maximum Gasteiger partial charge on any atom is 0.337 e. The minimum atomic E-state index is -0.550. The molecule has 6 heteroatoms. The van der Waals surface area contributed by atoms with Gasteiger partial charge in [-0.05, 0) is 43.4 Å². The van der Waals surface area contributed by atoms with Gasteiger partial charge in [0.05, 0.1) is 12.7 Å². The summed E-state index contributed by atoms with van der Waals surface area (Å²) in [6.45, 7) is 3.26. The molecule has 24 heavy (non-hydrogen) atoms. The van der Waals surface area contributed by atoms with Crippen LogP contribution in [0.25, 0.3) is 0 Å². The number of hydrogen-bond acceptors (Lipinski definition) is 4. The smallest absolute Gasteiger partial charge is 0.337 e.